The van der Waals surface area contributed by atoms with Crippen LogP contribution in [0.15, 0.2) is 47.0 Å². The summed E-state index contributed by atoms with van der Waals surface area (Å²) >= 11 is 0. The number of aromatic nitrogens is 1. The van der Waals surface area contributed by atoms with Gasteiger partial charge in [0.05, 0.1) is 11.1 Å². The predicted octanol–water partition coefficient (Wildman–Crippen LogP) is 4.49. The molecule has 166 valence electrons. The van der Waals surface area contributed by atoms with Crippen molar-refractivity contribution >= 4 is 5.91 Å². The fourth-order valence-corrected chi connectivity index (χ4v) is 4.67. The Hall–Kier alpha value is -3.12. The number of aryl methyl sites for hydroxylation is 2. The lowest BCUT2D eigenvalue weighted by atomic mass is 9.96. The molecular formula is C26H29N3O3. The number of benzene rings is 2. The van der Waals surface area contributed by atoms with Crippen molar-refractivity contribution in [2.45, 2.75) is 39.8 Å². The molecule has 3 aromatic rings. The van der Waals surface area contributed by atoms with Gasteiger partial charge in [-0.3, -0.25) is 9.69 Å². The van der Waals surface area contributed by atoms with Crippen molar-refractivity contribution in [1.29, 1.82) is 0 Å². The van der Waals surface area contributed by atoms with Crippen LogP contribution in [0.2, 0.25) is 0 Å². The largest absolute Gasteiger partial charge is 0.488 e. The Morgan fingerprint density at radius 1 is 1.12 bits per heavy atom. The topological polar surface area (TPSA) is 67.6 Å². The number of nitrogens with one attached hydrogen (secondary N) is 1. The van der Waals surface area contributed by atoms with Gasteiger partial charge in [0.25, 0.3) is 5.91 Å². The zero-order valence-corrected chi connectivity index (χ0v) is 18.7. The smallest absolute Gasteiger partial charge is 0.273 e. The molecule has 0 saturated carbocycles. The second kappa shape index (κ2) is 8.79. The van der Waals surface area contributed by atoms with Crippen LogP contribution in [-0.2, 0) is 13.2 Å². The summed E-state index contributed by atoms with van der Waals surface area (Å²) in [6, 6.07) is 14.7. The SMILES string of the molecule is Cc1cccc(CN2CCC(CNC(=O)c3noc4c3COc3ccc(C)cc3-4)CC2)c1. The minimum Gasteiger partial charge on any atom is -0.488 e. The standard InChI is InChI=1S/C26H29N3O3/c1-17-4-3-5-20(12-17)15-29-10-8-19(9-11-29)14-27-26(30)24-22-16-31-23-7-6-18(2)13-21(23)25(22)32-28-24/h3-7,12-13,19H,8-11,14-16H2,1-2H3,(H,27,30). The molecule has 2 aliphatic rings. The highest BCUT2D eigenvalue weighted by atomic mass is 16.5. The van der Waals surface area contributed by atoms with E-state index in [-0.39, 0.29) is 5.91 Å². The van der Waals surface area contributed by atoms with Gasteiger partial charge in [0, 0.05) is 13.1 Å². The van der Waals surface area contributed by atoms with Crippen LogP contribution in [0.4, 0.5) is 0 Å². The summed E-state index contributed by atoms with van der Waals surface area (Å²) in [5.74, 6) is 1.71. The third-order valence-electron chi connectivity index (χ3n) is 6.50. The quantitative estimate of drug-likeness (QED) is 0.645. The number of nitrogens with zero attached hydrogens (tertiary/aromatic N) is 2. The van der Waals surface area contributed by atoms with Crippen molar-refractivity contribution in [2.24, 2.45) is 5.92 Å². The van der Waals surface area contributed by atoms with E-state index in [1.165, 1.54) is 11.1 Å². The normalized spacial score (nSPS) is 16.2. The summed E-state index contributed by atoms with van der Waals surface area (Å²) in [6.45, 7) is 8.22. The van der Waals surface area contributed by atoms with E-state index in [1.807, 2.05) is 25.1 Å². The number of rotatable bonds is 5. The average Bonchev–Trinajstić information content (AvgIpc) is 3.23. The van der Waals surface area contributed by atoms with Crippen LogP contribution in [0.5, 0.6) is 5.75 Å². The Balaban J connectivity index is 1.16. The van der Waals surface area contributed by atoms with Crippen LogP contribution in [-0.4, -0.2) is 35.6 Å². The third kappa shape index (κ3) is 4.28. The van der Waals surface area contributed by atoms with Gasteiger partial charge in [-0.05, 0) is 63.4 Å². The molecule has 1 amide bonds. The van der Waals surface area contributed by atoms with Gasteiger partial charge in [0.2, 0.25) is 0 Å². The molecule has 0 bridgehead atoms. The van der Waals surface area contributed by atoms with Gasteiger partial charge in [-0.25, -0.2) is 0 Å². The summed E-state index contributed by atoms with van der Waals surface area (Å²) in [7, 11) is 0. The maximum absolute atomic E-state index is 12.8. The maximum Gasteiger partial charge on any atom is 0.273 e. The van der Waals surface area contributed by atoms with E-state index in [2.05, 4.69) is 46.6 Å². The first-order valence-electron chi connectivity index (χ1n) is 11.4. The van der Waals surface area contributed by atoms with E-state index < -0.39 is 0 Å². The van der Waals surface area contributed by atoms with Crippen LogP contribution in [0, 0.1) is 19.8 Å². The molecule has 1 N–H and O–H groups in total. The highest BCUT2D eigenvalue weighted by Gasteiger charge is 2.29. The van der Waals surface area contributed by atoms with Gasteiger partial charge in [-0.15, -0.1) is 0 Å². The Bertz CT molecular complexity index is 1130. The number of amides is 1. The van der Waals surface area contributed by atoms with E-state index in [0.717, 1.165) is 54.9 Å². The molecule has 2 aromatic carbocycles. The molecule has 6 nitrogen and oxygen atoms in total. The number of piperidine rings is 1. The first kappa shape index (κ1) is 20.8. The molecule has 0 spiro atoms. The van der Waals surface area contributed by atoms with E-state index in [4.69, 9.17) is 9.26 Å². The fraction of sp³-hybridized carbons (Fsp3) is 0.385. The minimum atomic E-state index is -0.183. The monoisotopic (exact) mass is 431 g/mol. The summed E-state index contributed by atoms with van der Waals surface area (Å²) < 4.78 is 11.4. The van der Waals surface area contributed by atoms with Gasteiger partial charge in [-0.2, -0.15) is 0 Å². The number of carbonyl (C=O) groups excluding carboxylic acids is 1. The number of carbonyl (C=O) groups is 1. The number of hydrogen-bond donors (Lipinski definition) is 1. The Kier molecular flexibility index (Phi) is 5.70. The highest BCUT2D eigenvalue weighted by molar-refractivity contribution is 5.95. The zero-order valence-electron chi connectivity index (χ0n) is 18.7. The van der Waals surface area contributed by atoms with Crippen LogP contribution in [0.3, 0.4) is 0 Å². The van der Waals surface area contributed by atoms with E-state index in [0.29, 0.717) is 30.5 Å². The molecule has 0 unspecified atom stereocenters. The van der Waals surface area contributed by atoms with Gasteiger partial charge in [0.15, 0.2) is 11.5 Å². The molecule has 2 aliphatic heterocycles. The lowest BCUT2D eigenvalue weighted by molar-refractivity contribution is 0.0924. The molecule has 5 rings (SSSR count). The average molecular weight is 432 g/mol. The number of likely N-dealkylation sites (tertiary alicyclic amines) is 1. The van der Waals surface area contributed by atoms with Gasteiger partial charge in [0.1, 0.15) is 12.4 Å². The van der Waals surface area contributed by atoms with Crippen LogP contribution in [0.1, 0.15) is 45.6 Å². The second-order valence-electron chi connectivity index (χ2n) is 9.05. The molecule has 0 radical (unpaired) electrons. The lowest BCUT2D eigenvalue weighted by Gasteiger charge is -2.32. The number of ether oxygens (including phenoxy) is 1. The molecular weight excluding hydrogens is 402 g/mol. The molecule has 0 atom stereocenters. The fourth-order valence-electron chi connectivity index (χ4n) is 4.67. The summed E-state index contributed by atoms with van der Waals surface area (Å²) in [5, 5.41) is 7.16. The number of fused-ring (bicyclic) bond motifs is 3. The predicted molar refractivity (Wildman–Crippen MR) is 123 cm³/mol. The van der Waals surface area contributed by atoms with Gasteiger partial charge in [-0.1, -0.05) is 46.6 Å². The third-order valence-corrected chi connectivity index (χ3v) is 6.50. The minimum absolute atomic E-state index is 0.183. The van der Waals surface area contributed by atoms with Crippen LogP contribution in [0.25, 0.3) is 11.3 Å². The zero-order chi connectivity index (χ0) is 22.1. The van der Waals surface area contributed by atoms with E-state index in [9.17, 15) is 4.79 Å². The molecule has 0 aliphatic carbocycles. The van der Waals surface area contributed by atoms with Crippen LogP contribution < -0.4 is 10.1 Å². The van der Waals surface area contributed by atoms with E-state index >= 15 is 0 Å². The maximum atomic E-state index is 12.8. The van der Waals surface area contributed by atoms with Crippen molar-refractivity contribution < 1.29 is 14.1 Å². The van der Waals surface area contributed by atoms with Crippen molar-refractivity contribution in [3.05, 3.63) is 70.4 Å². The van der Waals surface area contributed by atoms with E-state index in [1.54, 1.807) is 0 Å². The Labute approximate surface area is 188 Å². The first-order chi connectivity index (χ1) is 15.6. The van der Waals surface area contributed by atoms with Crippen LogP contribution >= 0.6 is 0 Å². The highest BCUT2D eigenvalue weighted by Crippen LogP contribution is 2.39. The van der Waals surface area contributed by atoms with Crippen molar-refractivity contribution in [1.82, 2.24) is 15.4 Å². The van der Waals surface area contributed by atoms with Crippen molar-refractivity contribution in [2.75, 3.05) is 19.6 Å². The molecule has 1 fully saturated rings. The Morgan fingerprint density at radius 2 is 1.94 bits per heavy atom. The summed E-state index contributed by atoms with van der Waals surface area (Å²) in [6.07, 6.45) is 2.16. The molecule has 3 heterocycles. The number of hydrogen-bond acceptors (Lipinski definition) is 5. The summed E-state index contributed by atoms with van der Waals surface area (Å²) in [4.78, 5) is 15.3. The molecule has 1 aromatic heterocycles. The molecule has 32 heavy (non-hydrogen) atoms. The lowest BCUT2D eigenvalue weighted by Crippen LogP contribution is -2.38. The first-order valence-corrected chi connectivity index (χ1v) is 11.4. The van der Waals surface area contributed by atoms with Crippen molar-refractivity contribution in [3.63, 3.8) is 0 Å². The van der Waals surface area contributed by atoms with Crippen molar-refractivity contribution in [3.8, 4) is 17.1 Å². The molecule has 6 heteroatoms. The Morgan fingerprint density at radius 3 is 2.75 bits per heavy atom. The second-order valence-corrected chi connectivity index (χ2v) is 9.05. The van der Waals surface area contributed by atoms with Gasteiger partial charge < -0.3 is 14.6 Å². The molecule has 1 saturated heterocycles. The van der Waals surface area contributed by atoms with Gasteiger partial charge >= 0.3 is 0 Å². The summed E-state index contributed by atoms with van der Waals surface area (Å²) in [5.41, 5.74) is 5.71.